The first-order chi connectivity index (χ1) is 6.29. The molecule has 0 N–H and O–H groups in total. The van der Waals surface area contributed by atoms with Crippen LogP contribution in [0.25, 0.3) is 11.3 Å². The lowest BCUT2D eigenvalue weighted by Gasteiger charge is -2.01. The fraction of sp³-hybridized carbons (Fsp3) is 0.125. The average molecular weight is 195 g/mol. The zero-order chi connectivity index (χ0) is 9.26. The molecule has 2 rings (SSSR count). The van der Waals surface area contributed by atoms with E-state index in [2.05, 4.69) is 15.1 Å². The van der Waals surface area contributed by atoms with E-state index in [4.69, 9.17) is 11.6 Å². The molecule has 0 aromatic carbocycles. The first-order valence-corrected chi connectivity index (χ1v) is 4.10. The predicted octanol–water partition coefficient (Wildman–Crippen LogP) is 1.53. The van der Waals surface area contributed by atoms with Gasteiger partial charge in [0.1, 0.15) is 11.5 Å². The highest BCUT2D eigenvalue weighted by molar-refractivity contribution is 6.31. The smallest absolute Gasteiger partial charge is 0.141 e. The van der Waals surface area contributed by atoms with Crippen molar-refractivity contribution in [3.63, 3.8) is 0 Å². The van der Waals surface area contributed by atoms with E-state index in [1.807, 2.05) is 13.1 Å². The number of halogens is 1. The Morgan fingerprint density at radius 2 is 2.31 bits per heavy atom. The second kappa shape index (κ2) is 3.14. The number of aryl methyl sites for hydroxylation is 1. The van der Waals surface area contributed by atoms with Crippen LogP contribution in [-0.4, -0.2) is 19.7 Å². The molecule has 0 radical (unpaired) electrons. The van der Waals surface area contributed by atoms with E-state index in [0.29, 0.717) is 5.15 Å². The van der Waals surface area contributed by atoms with Gasteiger partial charge in [-0.3, -0.25) is 4.68 Å². The molecule has 0 spiro atoms. The number of hydrogen-bond donors (Lipinski definition) is 0. The Bertz CT molecular complexity index is 424. The molecular formula is C8H7ClN4. The van der Waals surface area contributed by atoms with Gasteiger partial charge in [0.05, 0.1) is 11.3 Å². The molecule has 13 heavy (non-hydrogen) atoms. The number of nitrogens with zero attached hydrogens (tertiary/aromatic N) is 4. The molecular weight excluding hydrogens is 188 g/mol. The highest BCUT2D eigenvalue weighted by Crippen LogP contribution is 2.23. The Morgan fingerprint density at radius 1 is 1.46 bits per heavy atom. The SMILES string of the molecule is Cn1nccc1-c1cncnc1Cl. The summed E-state index contributed by atoms with van der Waals surface area (Å²) in [4.78, 5) is 7.80. The molecule has 0 amide bonds. The minimum atomic E-state index is 0.443. The molecule has 4 nitrogen and oxygen atoms in total. The van der Waals surface area contributed by atoms with Crippen molar-refractivity contribution in [2.24, 2.45) is 7.05 Å². The van der Waals surface area contributed by atoms with Crippen LogP contribution in [0.2, 0.25) is 5.15 Å². The Balaban J connectivity index is 2.59. The summed E-state index contributed by atoms with van der Waals surface area (Å²) < 4.78 is 1.73. The van der Waals surface area contributed by atoms with Gasteiger partial charge in [-0.15, -0.1) is 0 Å². The van der Waals surface area contributed by atoms with E-state index in [1.54, 1.807) is 17.1 Å². The molecule has 2 aromatic heterocycles. The van der Waals surface area contributed by atoms with Crippen molar-refractivity contribution in [1.29, 1.82) is 0 Å². The molecule has 0 aliphatic carbocycles. The van der Waals surface area contributed by atoms with Gasteiger partial charge in [0.2, 0.25) is 0 Å². The Hall–Kier alpha value is -1.42. The second-order valence-corrected chi connectivity index (χ2v) is 2.93. The Labute approximate surface area is 80.2 Å². The second-order valence-electron chi connectivity index (χ2n) is 2.57. The molecule has 0 bridgehead atoms. The maximum atomic E-state index is 5.90. The maximum Gasteiger partial charge on any atom is 0.141 e. The van der Waals surface area contributed by atoms with Crippen molar-refractivity contribution >= 4 is 11.6 Å². The van der Waals surface area contributed by atoms with Gasteiger partial charge in [-0.05, 0) is 6.07 Å². The van der Waals surface area contributed by atoms with Crippen LogP contribution in [-0.2, 0) is 7.05 Å². The van der Waals surface area contributed by atoms with Gasteiger partial charge >= 0.3 is 0 Å². The van der Waals surface area contributed by atoms with E-state index >= 15 is 0 Å². The molecule has 0 fully saturated rings. The third kappa shape index (κ3) is 1.40. The quantitative estimate of drug-likeness (QED) is 0.647. The standard InChI is InChI=1S/C8H7ClN4/c1-13-7(2-3-12-13)6-4-10-5-11-8(6)9/h2-5H,1H3. The minimum Gasteiger partial charge on any atom is -0.268 e. The van der Waals surface area contributed by atoms with E-state index < -0.39 is 0 Å². The minimum absolute atomic E-state index is 0.443. The van der Waals surface area contributed by atoms with E-state index in [0.717, 1.165) is 11.3 Å². The molecule has 5 heteroatoms. The van der Waals surface area contributed by atoms with Gasteiger partial charge in [-0.1, -0.05) is 11.6 Å². The van der Waals surface area contributed by atoms with Gasteiger partial charge in [0.15, 0.2) is 0 Å². The van der Waals surface area contributed by atoms with Gasteiger partial charge in [-0.2, -0.15) is 5.10 Å². The van der Waals surface area contributed by atoms with Crippen LogP contribution < -0.4 is 0 Å². The summed E-state index contributed by atoms with van der Waals surface area (Å²) in [5, 5.41) is 4.48. The molecule has 0 saturated heterocycles. The third-order valence-electron chi connectivity index (χ3n) is 1.76. The Morgan fingerprint density at radius 3 is 2.92 bits per heavy atom. The Kier molecular flexibility index (Phi) is 1.98. The fourth-order valence-corrected chi connectivity index (χ4v) is 1.31. The zero-order valence-electron chi connectivity index (χ0n) is 6.98. The zero-order valence-corrected chi connectivity index (χ0v) is 7.73. The van der Waals surface area contributed by atoms with Crippen LogP contribution in [0.4, 0.5) is 0 Å². The molecule has 0 aliphatic heterocycles. The summed E-state index contributed by atoms with van der Waals surface area (Å²) in [5.74, 6) is 0. The van der Waals surface area contributed by atoms with Crippen LogP contribution in [0, 0.1) is 0 Å². The van der Waals surface area contributed by atoms with Crippen molar-refractivity contribution in [3.05, 3.63) is 29.9 Å². The van der Waals surface area contributed by atoms with Crippen molar-refractivity contribution in [3.8, 4) is 11.3 Å². The van der Waals surface area contributed by atoms with Crippen LogP contribution in [0.15, 0.2) is 24.8 Å². The molecule has 0 atom stereocenters. The average Bonchev–Trinajstić information content (AvgIpc) is 2.52. The molecule has 0 unspecified atom stereocenters. The molecule has 2 aromatic rings. The largest absolute Gasteiger partial charge is 0.268 e. The first-order valence-electron chi connectivity index (χ1n) is 3.73. The van der Waals surface area contributed by atoms with Gasteiger partial charge < -0.3 is 0 Å². The normalized spacial score (nSPS) is 10.3. The van der Waals surface area contributed by atoms with Crippen molar-refractivity contribution in [2.45, 2.75) is 0 Å². The summed E-state index contributed by atoms with van der Waals surface area (Å²) in [6.45, 7) is 0. The lowest BCUT2D eigenvalue weighted by Crippen LogP contribution is -1.95. The van der Waals surface area contributed by atoms with Crippen LogP contribution >= 0.6 is 11.6 Å². The van der Waals surface area contributed by atoms with Gasteiger partial charge in [0, 0.05) is 19.4 Å². The summed E-state index contributed by atoms with van der Waals surface area (Å²) in [7, 11) is 1.85. The topological polar surface area (TPSA) is 43.6 Å². The number of aromatic nitrogens is 4. The van der Waals surface area contributed by atoms with Crippen molar-refractivity contribution in [1.82, 2.24) is 19.7 Å². The number of rotatable bonds is 1. The number of hydrogen-bond acceptors (Lipinski definition) is 3. The first kappa shape index (κ1) is 8.19. The van der Waals surface area contributed by atoms with Crippen LogP contribution in [0.3, 0.4) is 0 Å². The van der Waals surface area contributed by atoms with Crippen molar-refractivity contribution in [2.75, 3.05) is 0 Å². The molecule has 0 aliphatic rings. The van der Waals surface area contributed by atoms with E-state index in [1.165, 1.54) is 6.33 Å². The fourth-order valence-electron chi connectivity index (χ4n) is 1.12. The van der Waals surface area contributed by atoms with Gasteiger partial charge in [-0.25, -0.2) is 9.97 Å². The summed E-state index contributed by atoms with van der Waals surface area (Å²) in [6.07, 6.45) is 4.80. The summed E-state index contributed by atoms with van der Waals surface area (Å²) in [5.41, 5.74) is 1.70. The van der Waals surface area contributed by atoms with Crippen molar-refractivity contribution < 1.29 is 0 Å². The summed E-state index contributed by atoms with van der Waals surface area (Å²) in [6, 6.07) is 1.87. The molecule has 2 heterocycles. The lowest BCUT2D eigenvalue weighted by molar-refractivity contribution is 0.775. The maximum absolute atomic E-state index is 5.90. The molecule has 0 saturated carbocycles. The third-order valence-corrected chi connectivity index (χ3v) is 2.06. The predicted molar refractivity (Wildman–Crippen MR) is 49.2 cm³/mol. The lowest BCUT2D eigenvalue weighted by atomic mass is 10.2. The summed E-state index contributed by atoms with van der Waals surface area (Å²) >= 11 is 5.90. The van der Waals surface area contributed by atoms with Crippen LogP contribution in [0.5, 0.6) is 0 Å². The van der Waals surface area contributed by atoms with Gasteiger partial charge in [0.25, 0.3) is 0 Å². The van der Waals surface area contributed by atoms with Crippen LogP contribution in [0.1, 0.15) is 0 Å². The highest BCUT2D eigenvalue weighted by atomic mass is 35.5. The highest BCUT2D eigenvalue weighted by Gasteiger charge is 2.07. The monoisotopic (exact) mass is 194 g/mol. The van der Waals surface area contributed by atoms with E-state index in [-0.39, 0.29) is 0 Å². The van der Waals surface area contributed by atoms with E-state index in [9.17, 15) is 0 Å². The molecule has 66 valence electrons.